The summed E-state index contributed by atoms with van der Waals surface area (Å²) in [5, 5.41) is 10.9. The van der Waals surface area contributed by atoms with Crippen molar-refractivity contribution in [3.63, 3.8) is 0 Å². The average molecular weight is 528 g/mol. The molecule has 0 amide bonds. The van der Waals surface area contributed by atoms with Crippen LogP contribution in [0.4, 0.5) is 10.1 Å². The lowest BCUT2D eigenvalue weighted by Gasteiger charge is -2.40. The number of carbonyl (C=O) groups excluding carboxylic acids is 1. The molecule has 7 heteroatoms. The standard InChI is InChI=1S/C31H27ClFN3O2/c1-18-14-19(2)23(15-20(18)17-38-28-9-4-3-6-25(28)32)29-24(16-34)31(35)36(22-12-10-21(33)11-13-22)26-7-5-8-27(37)30(26)29/h3-4,6,9-15,29H,5,7-8,17,35H2,1-2H3. The Labute approximate surface area is 226 Å². The first-order valence-electron chi connectivity index (χ1n) is 12.5. The Balaban J connectivity index is 1.63. The van der Waals surface area contributed by atoms with E-state index in [4.69, 9.17) is 22.1 Å². The Hall–Kier alpha value is -4.08. The minimum absolute atomic E-state index is 0.00236. The quantitative estimate of drug-likeness (QED) is 0.387. The highest BCUT2D eigenvalue weighted by atomic mass is 35.5. The summed E-state index contributed by atoms with van der Waals surface area (Å²) in [7, 11) is 0. The summed E-state index contributed by atoms with van der Waals surface area (Å²) in [6.45, 7) is 4.26. The third kappa shape index (κ3) is 4.55. The van der Waals surface area contributed by atoms with Crippen molar-refractivity contribution in [2.24, 2.45) is 5.73 Å². The van der Waals surface area contributed by atoms with E-state index < -0.39 is 5.92 Å². The number of para-hydroxylation sites is 1. The van der Waals surface area contributed by atoms with Crippen molar-refractivity contribution in [3.05, 3.63) is 116 Å². The Bertz CT molecular complexity index is 1540. The van der Waals surface area contributed by atoms with E-state index in [0.29, 0.717) is 46.9 Å². The molecule has 0 spiro atoms. The molecule has 5 rings (SSSR count). The molecule has 1 heterocycles. The van der Waals surface area contributed by atoms with Gasteiger partial charge in [0.1, 0.15) is 24.0 Å². The molecular weight excluding hydrogens is 501 g/mol. The van der Waals surface area contributed by atoms with Crippen LogP contribution in [0.3, 0.4) is 0 Å². The largest absolute Gasteiger partial charge is 0.487 e. The molecule has 192 valence electrons. The van der Waals surface area contributed by atoms with Gasteiger partial charge in [-0.1, -0.05) is 35.9 Å². The average Bonchev–Trinajstić information content (AvgIpc) is 2.89. The lowest BCUT2D eigenvalue weighted by Crippen LogP contribution is -2.39. The van der Waals surface area contributed by atoms with Crippen LogP contribution in [-0.4, -0.2) is 5.78 Å². The molecule has 3 aromatic carbocycles. The minimum atomic E-state index is -0.598. The van der Waals surface area contributed by atoms with Crippen LogP contribution in [0.25, 0.3) is 0 Å². The summed E-state index contributed by atoms with van der Waals surface area (Å²) in [4.78, 5) is 15.2. The second-order valence-electron chi connectivity index (χ2n) is 9.65. The molecule has 0 fully saturated rings. The van der Waals surface area contributed by atoms with Gasteiger partial charge in [0.2, 0.25) is 0 Å². The number of Topliss-reactive ketones (excluding diaryl/α,β-unsaturated/α-hetero) is 1. The number of ether oxygens (including phenoxy) is 1. The molecule has 2 aliphatic rings. The highest BCUT2D eigenvalue weighted by Crippen LogP contribution is 2.47. The molecule has 0 aromatic heterocycles. The summed E-state index contributed by atoms with van der Waals surface area (Å²) >= 11 is 6.28. The zero-order chi connectivity index (χ0) is 27.0. The molecule has 1 unspecified atom stereocenters. The van der Waals surface area contributed by atoms with E-state index in [-0.39, 0.29) is 24.0 Å². The first-order chi connectivity index (χ1) is 18.3. The number of allylic oxidation sites excluding steroid dienone is 3. The molecule has 0 saturated carbocycles. The number of ketones is 1. The van der Waals surface area contributed by atoms with Crippen molar-refractivity contribution >= 4 is 23.1 Å². The Morgan fingerprint density at radius 2 is 1.84 bits per heavy atom. The van der Waals surface area contributed by atoms with Gasteiger partial charge in [-0.15, -0.1) is 0 Å². The summed E-state index contributed by atoms with van der Waals surface area (Å²) in [6.07, 6.45) is 1.71. The highest BCUT2D eigenvalue weighted by Gasteiger charge is 2.41. The van der Waals surface area contributed by atoms with E-state index in [1.807, 2.05) is 44.2 Å². The third-order valence-electron chi connectivity index (χ3n) is 7.25. The van der Waals surface area contributed by atoms with Gasteiger partial charge < -0.3 is 10.5 Å². The zero-order valence-electron chi connectivity index (χ0n) is 21.2. The van der Waals surface area contributed by atoms with Crippen molar-refractivity contribution in [2.75, 3.05) is 4.90 Å². The van der Waals surface area contributed by atoms with E-state index in [0.717, 1.165) is 28.0 Å². The number of rotatable bonds is 5. The normalized spacial score (nSPS) is 17.4. The van der Waals surface area contributed by atoms with Crippen molar-refractivity contribution in [1.29, 1.82) is 5.26 Å². The molecule has 1 aliphatic heterocycles. The number of halogens is 2. The van der Waals surface area contributed by atoms with Crippen LogP contribution >= 0.6 is 11.6 Å². The Kier molecular flexibility index (Phi) is 6.96. The monoisotopic (exact) mass is 527 g/mol. The van der Waals surface area contributed by atoms with Gasteiger partial charge in [-0.05, 0) is 85.3 Å². The summed E-state index contributed by atoms with van der Waals surface area (Å²) in [6, 6.07) is 19.6. The predicted octanol–water partition coefficient (Wildman–Crippen LogP) is 6.98. The second-order valence-corrected chi connectivity index (χ2v) is 10.1. The van der Waals surface area contributed by atoms with Crippen molar-refractivity contribution in [2.45, 2.75) is 45.6 Å². The highest BCUT2D eigenvalue weighted by molar-refractivity contribution is 6.32. The molecule has 0 radical (unpaired) electrons. The van der Waals surface area contributed by atoms with Gasteiger partial charge in [0.25, 0.3) is 0 Å². The van der Waals surface area contributed by atoms with Crippen LogP contribution in [0, 0.1) is 31.0 Å². The number of anilines is 1. The smallest absolute Gasteiger partial charge is 0.161 e. The van der Waals surface area contributed by atoms with Crippen LogP contribution in [0.1, 0.15) is 47.4 Å². The second kappa shape index (κ2) is 10.4. The Morgan fingerprint density at radius 1 is 1.11 bits per heavy atom. The van der Waals surface area contributed by atoms with Gasteiger partial charge in [0.05, 0.1) is 22.6 Å². The molecule has 3 aromatic rings. The van der Waals surface area contributed by atoms with Crippen LogP contribution in [-0.2, 0) is 11.4 Å². The molecule has 1 atom stereocenters. The van der Waals surface area contributed by atoms with Crippen LogP contribution < -0.4 is 15.4 Å². The van der Waals surface area contributed by atoms with Crippen LogP contribution in [0.2, 0.25) is 5.02 Å². The third-order valence-corrected chi connectivity index (χ3v) is 7.57. The molecule has 0 bridgehead atoms. The van der Waals surface area contributed by atoms with E-state index in [1.165, 1.54) is 12.1 Å². The number of hydrogen-bond acceptors (Lipinski definition) is 5. The van der Waals surface area contributed by atoms with Gasteiger partial charge in [-0.25, -0.2) is 4.39 Å². The molecule has 1 aliphatic carbocycles. The number of hydrogen-bond donors (Lipinski definition) is 1. The van der Waals surface area contributed by atoms with Gasteiger partial charge in [-0.3, -0.25) is 9.69 Å². The summed E-state index contributed by atoms with van der Waals surface area (Å²) in [5.41, 5.74) is 12.7. The number of nitriles is 1. The van der Waals surface area contributed by atoms with Crippen molar-refractivity contribution < 1.29 is 13.9 Å². The number of benzene rings is 3. The number of nitrogens with zero attached hydrogens (tertiary/aromatic N) is 2. The zero-order valence-corrected chi connectivity index (χ0v) is 22.0. The molecule has 0 saturated heterocycles. The molecule has 5 nitrogen and oxygen atoms in total. The Morgan fingerprint density at radius 3 is 2.55 bits per heavy atom. The van der Waals surface area contributed by atoms with Crippen LogP contribution in [0.5, 0.6) is 5.75 Å². The molecular formula is C31H27ClFN3O2. The lowest BCUT2D eigenvalue weighted by atomic mass is 9.74. The van der Waals surface area contributed by atoms with E-state index in [1.54, 1.807) is 23.1 Å². The van der Waals surface area contributed by atoms with Gasteiger partial charge in [0.15, 0.2) is 5.78 Å². The number of nitrogens with two attached hydrogens (primary N) is 1. The van der Waals surface area contributed by atoms with E-state index >= 15 is 0 Å². The first kappa shape index (κ1) is 25.6. The van der Waals surface area contributed by atoms with E-state index in [9.17, 15) is 14.4 Å². The van der Waals surface area contributed by atoms with Crippen molar-refractivity contribution in [3.8, 4) is 11.8 Å². The summed E-state index contributed by atoms with van der Waals surface area (Å²) in [5.74, 6) is -0.136. The van der Waals surface area contributed by atoms with E-state index in [2.05, 4.69) is 6.07 Å². The fourth-order valence-corrected chi connectivity index (χ4v) is 5.57. The molecule has 2 N–H and O–H groups in total. The lowest BCUT2D eigenvalue weighted by molar-refractivity contribution is -0.116. The number of carbonyl (C=O) groups is 1. The van der Waals surface area contributed by atoms with Gasteiger partial charge in [0, 0.05) is 23.4 Å². The maximum atomic E-state index is 13.7. The minimum Gasteiger partial charge on any atom is -0.487 e. The maximum Gasteiger partial charge on any atom is 0.161 e. The summed E-state index contributed by atoms with van der Waals surface area (Å²) < 4.78 is 19.7. The maximum absolute atomic E-state index is 13.7. The van der Waals surface area contributed by atoms with Gasteiger partial charge in [-0.2, -0.15) is 5.26 Å². The molecule has 38 heavy (non-hydrogen) atoms. The predicted molar refractivity (Wildman–Crippen MR) is 146 cm³/mol. The fraction of sp³-hybridized carbons (Fsp3) is 0.226. The van der Waals surface area contributed by atoms with Crippen molar-refractivity contribution in [1.82, 2.24) is 0 Å². The van der Waals surface area contributed by atoms with Crippen LogP contribution in [0.15, 0.2) is 83.3 Å². The SMILES string of the molecule is Cc1cc(C)c(C2C(C#N)=C(N)N(c3ccc(F)cc3)C3=C2C(=O)CCC3)cc1COc1ccccc1Cl. The topological polar surface area (TPSA) is 79.4 Å². The fourth-order valence-electron chi connectivity index (χ4n) is 5.38. The van der Waals surface area contributed by atoms with Gasteiger partial charge >= 0.3 is 0 Å². The number of aryl methyl sites for hydroxylation is 2. The first-order valence-corrected chi connectivity index (χ1v) is 12.9.